The van der Waals surface area contributed by atoms with Crippen molar-refractivity contribution in [3.63, 3.8) is 0 Å². The molecule has 0 aliphatic rings. The van der Waals surface area contributed by atoms with Crippen LogP contribution in [0, 0.1) is 5.92 Å². The van der Waals surface area contributed by atoms with Crippen LogP contribution in [0.1, 0.15) is 52.1 Å². The van der Waals surface area contributed by atoms with Crippen LogP contribution >= 0.6 is 0 Å². The van der Waals surface area contributed by atoms with E-state index in [-0.39, 0.29) is 0 Å². The maximum atomic E-state index is 4.43. The molecule has 1 aromatic heterocycles. The number of aromatic nitrogens is 2. The van der Waals surface area contributed by atoms with Gasteiger partial charge in [-0.05, 0) is 18.9 Å². The Balaban J connectivity index is 2.62. The van der Waals surface area contributed by atoms with Gasteiger partial charge in [0.2, 0.25) is 0 Å². The molecule has 16 heavy (non-hydrogen) atoms. The topological polar surface area (TPSA) is 29.9 Å². The minimum atomic E-state index is 0.454. The Labute approximate surface area is 99.2 Å². The summed E-state index contributed by atoms with van der Waals surface area (Å²) >= 11 is 0. The van der Waals surface area contributed by atoms with Crippen LogP contribution in [0.4, 0.5) is 0 Å². The fourth-order valence-electron chi connectivity index (χ4n) is 1.85. The fraction of sp³-hybridized carbons (Fsp3) is 0.769. The van der Waals surface area contributed by atoms with Crippen LogP contribution in [0.5, 0.6) is 0 Å². The van der Waals surface area contributed by atoms with Gasteiger partial charge in [-0.1, -0.05) is 34.1 Å². The second-order valence-corrected chi connectivity index (χ2v) is 4.53. The SMILES string of the molecule is CCNC(CC)c1cnn(CC(C)CC)c1. The molecule has 0 aromatic carbocycles. The Kier molecular flexibility index (Phi) is 5.53. The van der Waals surface area contributed by atoms with E-state index in [9.17, 15) is 0 Å². The van der Waals surface area contributed by atoms with Crippen molar-refractivity contribution in [2.45, 2.75) is 53.1 Å². The van der Waals surface area contributed by atoms with Crippen LogP contribution in [0.2, 0.25) is 0 Å². The van der Waals surface area contributed by atoms with Crippen molar-refractivity contribution in [2.75, 3.05) is 6.54 Å². The standard InChI is InChI=1S/C13H25N3/c1-5-11(4)9-16-10-12(8-15-16)13(6-2)14-7-3/h8,10-11,13-14H,5-7,9H2,1-4H3. The lowest BCUT2D eigenvalue weighted by atomic mass is 10.1. The van der Waals surface area contributed by atoms with Crippen LogP contribution in [-0.2, 0) is 6.54 Å². The van der Waals surface area contributed by atoms with Gasteiger partial charge in [-0.25, -0.2) is 0 Å². The van der Waals surface area contributed by atoms with Gasteiger partial charge in [-0.3, -0.25) is 4.68 Å². The third kappa shape index (κ3) is 3.63. The number of nitrogens with zero attached hydrogens (tertiary/aromatic N) is 2. The maximum absolute atomic E-state index is 4.43. The minimum absolute atomic E-state index is 0.454. The summed E-state index contributed by atoms with van der Waals surface area (Å²) < 4.78 is 2.07. The number of rotatable bonds is 7. The summed E-state index contributed by atoms with van der Waals surface area (Å²) in [4.78, 5) is 0. The van der Waals surface area contributed by atoms with E-state index in [1.165, 1.54) is 12.0 Å². The molecule has 1 N–H and O–H groups in total. The molecule has 0 fully saturated rings. The van der Waals surface area contributed by atoms with E-state index in [0.29, 0.717) is 12.0 Å². The molecule has 0 amide bonds. The van der Waals surface area contributed by atoms with Crippen LogP contribution in [0.3, 0.4) is 0 Å². The van der Waals surface area contributed by atoms with Gasteiger partial charge in [0, 0.05) is 24.3 Å². The highest BCUT2D eigenvalue weighted by Gasteiger charge is 2.10. The quantitative estimate of drug-likeness (QED) is 0.770. The zero-order valence-corrected chi connectivity index (χ0v) is 11.0. The first kappa shape index (κ1) is 13.2. The Morgan fingerprint density at radius 2 is 2.06 bits per heavy atom. The fourth-order valence-corrected chi connectivity index (χ4v) is 1.85. The molecule has 1 aromatic rings. The van der Waals surface area contributed by atoms with Crippen molar-refractivity contribution in [3.8, 4) is 0 Å². The molecule has 0 aliphatic heterocycles. The molecule has 1 rings (SSSR count). The zero-order chi connectivity index (χ0) is 12.0. The second-order valence-electron chi connectivity index (χ2n) is 4.53. The Bertz CT molecular complexity index is 293. The largest absolute Gasteiger partial charge is 0.310 e. The number of nitrogens with one attached hydrogen (secondary N) is 1. The first-order valence-corrected chi connectivity index (χ1v) is 6.46. The van der Waals surface area contributed by atoms with Crippen molar-refractivity contribution in [3.05, 3.63) is 18.0 Å². The normalized spacial score (nSPS) is 15.0. The van der Waals surface area contributed by atoms with Gasteiger partial charge in [0.25, 0.3) is 0 Å². The average molecular weight is 223 g/mol. The molecule has 0 saturated heterocycles. The Morgan fingerprint density at radius 3 is 2.62 bits per heavy atom. The van der Waals surface area contributed by atoms with E-state index in [2.05, 4.69) is 49.0 Å². The lowest BCUT2D eigenvalue weighted by Gasteiger charge is -2.13. The van der Waals surface area contributed by atoms with Crippen LogP contribution < -0.4 is 5.32 Å². The van der Waals surface area contributed by atoms with Crippen LogP contribution in [0.25, 0.3) is 0 Å². The van der Waals surface area contributed by atoms with Gasteiger partial charge >= 0.3 is 0 Å². The van der Waals surface area contributed by atoms with Gasteiger partial charge in [0.05, 0.1) is 6.20 Å². The summed E-state index contributed by atoms with van der Waals surface area (Å²) in [5.74, 6) is 0.701. The van der Waals surface area contributed by atoms with E-state index in [4.69, 9.17) is 0 Å². The van der Waals surface area contributed by atoms with Crippen molar-refractivity contribution in [2.24, 2.45) is 5.92 Å². The third-order valence-electron chi connectivity index (χ3n) is 3.11. The van der Waals surface area contributed by atoms with E-state index in [1.807, 2.05) is 6.20 Å². The number of hydrogen-bond acceptors (Lipinski definition) is 2. The molecule has 3 nitrogen and oxygen atoms in total. The van der Waals surface area contributed by atoms with Crippen molar-refractivity contribution in [1.82, 2.24) is 15.1 Å². The highest BCUT2D eigenvalue weighted by molar-refractivity contribution is 5.10. The maximum Gasteiger partial charge on any atom is 0.0537 e. The summed E-state index contributed by atoms with van der Waals surface area (Å²) in [6, 6.07) is 0.454. The molecule has 92 valence electrons. The van der Waals surface area contributed by atoms with Crippen molar-refractivity contribution < 1.29 is 0 Å². The highest BCUT2D eigenvalue weighted by atomic mass is 15.3. The molecule has 0 bridgehead atoms. The molecule has 0 saturated carbocycles. The number of hydrogen-bond donors (Lipinski definition) is 1. The molecule has 3 heteroatoms. The van der Waals surface area contributed by atoms with Crippen LogP contribution in [0.15, 0.2) is 12.4 Å². The highest BCUT2D eigenvalue weighted by Crippen LogP contribution is 2.16. The second kappa shape index (κ2) is 6.69. The van der Waals surface area contributed by atoms with Gasteiger partial charge in [0.15, 0.2) is 0 Å². The Morgan fingerprint density at radius 1 is 1.31 bits per heavy atom. The first-order valence-electron chi connectivity index (χ1n) is 6.46. The molecule has 0 aliphatic carbocycles. The molecular formula is C13H25N3. The molecular weight excluding hydrogens is 198 g/mol. The average Bonchev–Trinajstić information content (AvgIpc) is 2.74. The molecule has 0 spiro atoms. The lowest BCUT2D eigenvalue weighted by Crippen LogP contribution is -2.19. The predicted molar refractivity (Wildman–Crippen MR) is 68.4 cm³/mol. The van der Waals surface area contributed by atoms with Gasteiger partial charge in [-0.15, -0.1) is 0 Å². The predicted octanol–water partition coefficient (Wildman–Crippen LogP) is 2.99. The molecule has 2 unspecified atom stereocenters. The molecule has 2 atom stereocenters. The zero-order valence-electron chi connectivity index (χ0n) is 11.0. The summed E-state index contributed by atoms with van der Waals surface area (Å²) in [6.45, 7) is 10.9. The van der Waals surface area contributed by atoms with E-state index in [0.717, 1.165) is 19.5 Å². The summed E-state index contributed by atoms with van der Waals surface area (Å²) in [5, 5.41) is 7.91. The third-order valence-corrected chi connectivity index (χ3v) is 3.11. The van der Waals surface area contributed by atoms with Crippen LogP contribution in [-0.4, -0.2) is 16.3 Å². The van der Waals surface area contributed by atoms with Gasteiger partial charge in [-0.2, -0.15) is 5.10 Å². The summed E-state index contributed by atoms with van der Waals surface area (Å²) in [7, 11) is 0. The monoisotopic (exact) mass is 223 g/mol. The first-order chi connectivity index (χ1) is 7.71. The summed E-state index contributed by atoms with van der Waals surface area (Å²) in [5.41, 5.74) is 1.31. The van der Waals surface area contributed by atoms with Gasteiger partial charge in [0.1, 0.15) is 0 Å². The van der Waals surface area contributed by atoms with Crippen molar-refractivity contribution >= 4 is 0 Å². The van der Waals surface area contributed by atoms with Gasteiger partial charge < -0.3 is 5.32 Å². The minimum Gasteiger partial charge on any atom is -0.310 e. The molecule has 1 heterocycles. The summed E-state index contributed by atoms with van der Waals surface area (Å²) in [6.07, 6.45) is 6.50. The van der Waals surface area contributed by atoms with Crippen molar-refractivity contribution in [1.29, 1.82) is 0 Å². The Hall–Kier alpha value is -0.830. The lowest BCUT2D eigenvalue weighted by molar-refractivity contribution is 0.438. The van der Waals surface area contributed by atoms with E-state index < -0.39 is 0 Å². The molecule has 0 radical (unpaired) electrons. The smallest absolute Gasteiger partial charge is 0.0537 e. The van der Waals surface area contributed by atoms with E-state index >= 15 is 0 Å². The van der Waals surface area contributed by atoms with E-state index in [1.54, 1.807) is 0 Å².